The number of hydrogen-bond donors (Lipinski definition) is 2. The molecule has 2 N–H and O–H groups in total. The van der Waals surface area contributed by atoms with Crippen LogP contribution in [-0.4, -0.2) is 6.03 Å². The van der Waals surface area contributed by atoms with Crippen LogP contribution in [0.1, 0.15) is 37.5 Å². The molecule has 0 fully saturated rings. The van der Waals surface area contributed by atoms with Gasteiger partial charge >= 0.3 is 6.03 Å². The van der Waals surface area contributed by atoms with E-state index in [-0.39, 0.29) is 11.4 Å². The maximum absolute atomic E-state index is 11.7. The van der Waals surface area contributed by atoms with E-state index in [2.05, 4.69) is 55.7 Å². The third-order valence-electron chi connectivity index (χ3n) is 3.56. The second-order valence-electron chi connectivity index (χ2n) is 6.52. The van der Waals surface area contributed by atoms with Gasteiger partial charge in [-0.05, 0) is 28.2 Å². The van der Waals surface area contributed by atoms with E-state index in [1.807, 2.05) is 36.4 Å². The third-order valence-corrected chi connectivity index (χ3v) is 3.56. The van der Waals surface area contributed by atoms with Crippen LogP contribution in [0.2, 0.25) is 0 Å². The van der Waals surface area contributed by atoms with Crippen molar-refractivity contribution in [1.29, 1.82) is 0 Å². The second kappa shape index (κ2) is 7.63. The first kappa shape index (κ1) is 16.8. The predicted molar refractivity (Wildman–Crippen MR) is 96.0 cm³/mol. The molecule has 2 aromatic rings. The van der Waals surface area contributed by atoms with Crippen LogP contribution in [0, 0.1) is 0 Å². The van der Waals surface area contributed by atoms with Crippen LogP contribution in [-0.2, 0) is 12.0 Å². The van der Waals surface area contributed by atoms with Gasteiger partial charge in [-0.3, -0.25) is 0 Å². The summed E-state index contributed by atoms with van der Waals surface area (Å²) in [6.07, 6.45) is 3.54. The fourth-order valence-electron chi connectivity index (χ4n) is 2.14. The maximum Gasteiger partial charge on any atom is 0.319 e. The SMILES string of the molecule is CC(C)(C)c1ccc(/C=C/NC(=O)NCc2ccccc2)cc1. The normalized spacial score (nSPS) is 11.4. The van der Waals surface area contributed by atoms with Crippen LogP contribution in [0.15, 0.2) is 60.8 Å². The summed E-state index contributed by atoms with van der Waals surface area (Å²) in [4.78, 5) is 11.7. The smallest absolute Gasteiger partial charge is 0.319 e. The Morgan fingerprint density at radius 3 is 2.26 bits per heavy atom. The highest BCUT2D eigenvalue weighted by atomic mass is 16.2. The van der Waals surface area contributed by atoms with Gasteiger partial charge < -0.3 is 10.6 Å². The predicted octanol–water partition coefficient (Wildman–Crippen LogP) is 4.45. The fraction of sp³-hybridized carbons (Fsp3) is 0.250. The molecule has 0 unspecified atom stereocenters. The molecule has 23 heavy (non-hydrogen) atoms. The van der Waals surface area contributed by atoms with Crippen LogP contribution < -0.4 is 10.6 Å². The summed E-state index contributed by atoms with van der Waals surface area (Å²) in [7, 11) is 0. The van der Waals surface area contributed by atoms with Crippen molar-refractivity contribution < 1.29 is 4.79 Å². The first-order chi connectivity index (χ1) is 10.9. The van der Waals surface area contributed by atoms with Gasteiger partial charge in [0.05, 0.1) is 0 Å². The number of carbonyl (C=O) groups excluding carboxylic acids is 1. The summed E-state index contributed by atoms with van der Waals surface area (Å²) >= 11 is 0. The fourth-order valence-corrected chi connectivity index (χ4v) is 2.14. The van der Waals surface area contributed by atoms with E-state index in [0.29, 0.717) is 6.54 Å². The van der Waals surface area contributed by atoms with Crippen LogP contribution in [0.3, 0.4) is 0 Å². The van der Waals surface area contributed by atoms with Gasteiger partial charge in [0, 0.05) is 12.7 Å². The molecule has 0 aromatic heterocycles. The molecule has 3 heteroatoms. The molecule has 120 valence electrons. The molecule has 0 saturated carbocycles. The summed E-state index contributed by atoms with van der Waals surface area (Å²) in [5.74, 6) is 0. The summed E-state index contributed by atoms with van der Waals surface area (Å²) in [5, 5.41) is 5.53. The van der Waals surface area contributed by atoms with Gasteiger partial charge in [-0.15, -0.1) is 0 Å². The third kappa shape index (κ3) is 5.62. The van der Waals surface area contributed by atoms with Gasteiger partial charge in [-0.1, -0.05) is 75.4 Å². The Morgan fingerprint density at radius 2 is 1.65 bits per heavy atom. The van der Waals surface area contributed by atoms with Crippen molar-refractivity contribution in [3.05, 3.63) is 77.5 Å². The lowest BCUT2D eigenvalue weighted by molar-refractivity contribution is 0.244. The Balaban J connectivity index is 1.80. The molecular weight excluding hydrogens is 284 g/mol. The highest BCUT2D eigenvalue weighted by Crippen LogP contribution is 2.22. The van der Waals surface area contributed by atoms with Crippen molar-refractivity contribution in [2.75, 3.05) is 0 Å². The van der Waals surface area contributed by atoms with Gasteiger partial charge in [0.1, 0.15) is 0 Å². The van der Waals surface area contributed by atoms with Gasteiger partial charge in [0.25, 0.3) is 0 Å². The lowest BCUT2D eigenvalue weighted by atomic mass is 9.87. The van der Waals surface area contributed by atoms with Crippen molar-refractivity contribution in [3.63, 3.8) is 0 Å². The van der Waals surface area contributed by atoms with E-state index in [1.165, 1.54) is 5.56 Å². The highest BCUT2D eigenvalue weighted by molar-refractivity contribution is 5.75. The van der Waals surface area contributed by atoms with E-state index < -0.39 is 0 Å². The second-order valence-corrected chi connectivity index (χ2v) is 6.52. The molecule has 0 spiro atoms. The average molecular weight is 308 g/mol. The molecule has 3 nitrogen and oxygen atoms in total. The van der Waals surface area contributed by atoms with E-state index in [1.54, 1.807) is 6.20 Å². The monoisotopic (exact) mass is 308 g/mol. The van der Waals surface area contributed by atoms with Crippen LogP contribution in [0.5, 0.6) is 0 Å². The maximum atomic E-state index is 11.7. The number of amides is 2. The van der Waals surface area contributed by atoms with Gasteiger partial charge in [0.2, 0.25) is 0 Å². The number of nitrogens with one attached hydrogen (secondary N) is 2. The summed E-state index contributed by atoms with van der Waals surface area (Å²) < 4.78 is 0. The van der Waals surface area contributed by atoms with Crippen molar-refractivity contribution in [1.82, 2.24) is 10.6 Å². The number of benzene rings is 2. The highest BCUT2D eigenvalue weighted by Gasteiger charge is 2.12. The first-order valence-corrected chi connectivity index (χ1v) is 7.80. The molecule has 0 aliphatic heterocycles. The zero-order chi connectivity index (χ0) is 16.7. The Bertz CT molecular complexity index is 652. The number of carbonyl (C=O) groups is 1. The lowest BCUT2D eigenvalue weighted by Crippen LogP contribution is -2.31. The van der Waals surface area contributed by atoms with Gasteiger partial charge in [-0.2, -0.15) is 0 Å². The molecule has 0 bridgehead atoms. The summed E-state index contributed by atoms with van der Waals surface area (Å²) in [6.45, 7) is 7.09. The Hall–Kier alpha value is -2.55. The largest absolute Gasteiger partial charge is 0.334 e. The zero-order valence-electron chi connectivity index (χ0n) is 14.0. The number of urea groups is 1. The molecule has 0 atom stereocenters. The minimum Gasteiger partial charge on any atom is -0.334 e. The molecule has 0 saturated heterocycles. The lowest BCUT2D eigenvalue weighted by Gasteiger charge is -2.18. The van der Waals surface area contributed by atoms with Crippen LogP contribution in [0.25, 0.3) is 6.08 Å². The average Bonchev–Trinajstić information content (AvgIpc) is 2.53. The van der Waals surface area contributed by atoms with Crippen molar-refractivity contribution in [2.45, 2.75) is 32.7 Å². The Morgan fingerprint density at radius 1 is 1.00 bits per heavy atom. The molecule has 0 aliphatic rings. The van der Waals surface area contributed by atoms with Crippen molar-refractivity contribution >= 4 is 12.1 Å². The summed E-state index contributed by atoms with van der Waals surface area (Å²) in [5.41, 5.74) is 3.58. The van der Waals surface area contributed by atoms with Crippen molar-refractivity contribution in [2.24, 2.45) is 0 Å². The minimum atomic E-state index is -0.212. The van der Waals surface area contributed by atoms with Crippen LogP contribution >= 0.6 is 0 Å². The molecule has 0 heterocycles. The summed E-state index contributed by atoms with van der Waals surface area (Å²) in [6, 6.07) is 18.0. The van der Waals surface area contributed by atoms with Crippen molar-refractivity contribution in [3.8, 4) is 0 Å². The standard InChI is InChI=1S/C20H24N2O/c1-20(2,3)18-11-9-16(10-12-18)13-14-21-19(23)22-15-17-7-5-4-6-8-17/h4-14H,15H2,1-3H3,(H2,21,22,23)/b14-13+. The van der Waals surface area contributed by atoms with E-state index in [4.69, 9.17) is 0 Å². The number of rotatable bonds is 4. The molecule has 0 radical (unpaired) electrons. The topological polar surface area (TPSA) is 41.1 Å². The molecule has 2 aromatic carbocycles. The number of hydrogen-bond acceptors (Lipinski definition) is 1. The van der Waals surface area contributed by atoms with Gasteiger partial charge in [0.15, 0.2) is 0 Å². The molecule has 2 amide bonds. The Labute approximate surface area is 138 Å². The van der Waals surface area contributed by atoms with E-state index in [9.17, 15) is 4.79 Å². The minimum absolute atomic E-state index is 0.151. The molecule has 2 rings (SSSR count). The molecule has 0 aliphatic carbocycles. The van der Waals surface area contributed by atoms with E-state index >= 15 is 0 Å². The molecular formula is C20H24N2O. The zero-order valence-corrected chi connectivity index (χ0v) is 14.0. The quantitative estimate of drug-likeness (QED) is 0.860. The van der Waals surface area contributed by atoms with Crippen LogP contribution in [0.4, 0.5) is 4.79 Å². The Kier molecular flexibility index (Phi) is 5.58. The first-order valence-electron chi connectivity index (χ1n) is 7.80. The van der Waals surface area contributed by atoms with Gasteiger partial charge in [-0.25, -0.2) is 4.79 Å². The van der Waals surface area contributed by atoms with E-state index in [0.717, 1.165) is 11.1 Å².